The van der Waals surface area contributed by atoms with Crippen molar-refractivity contribution >= 4 is 34.4 Å². The number of thiazole rings is 1. The summed E-state index contributed by atoms with van der Waals surface area (Å²) in [6.07, 6.45) is 13.2. The summed E-state index contributed by atoms with van der Waals surface area (Å²) in [7, 11) is 0. The first-order chi connectivity index (χ1) is 13.2. The number of aromatic nitrogens is 1. The summed E-state index contributed by atoms with van der Waals surface area (Å²) in [5.41, 5.74) is 0. The fourth-order valence-electron chi connectivity index (χ4n) is 4.29. The number of hydrogen-bond donors (Lipinski definition) is 2. The molecule has 0 bridgehead atoms. The SMILES string of the molecule is CCCOC1CCC(N(C(=O)Nc2ncc(SN)s2)C2CCCCC2)CC1. The highest BCUT2D eigenvalue weighted by atomic mass is 32.2. The summed E-state index contributed by atoms with van der Waals surface area (Å²) in [5.74, 6) is 0. The van der Waals surface area contributed by atoms with Crippen LogP contribution in [0, 0.1) is 0 Å². The Morgan fingerprint density at radius 3 is 2.59 bits per heavy atom. The maximum Gasteiger partial charge on any atom is 0.324 e. The van der Waals surface area contributed by atoms with Gasteiger partial charge in [-0.15, -0.1) is 0 Å². The molecule has 6 nitrogen and oxygen atoms in total. The average Bonchev–Trinajstić information content (AvgIpc) is 3.16. The van der Waals surface area contributed by atoms with Crippen molar-refractivity contribution in [2.45, 2.75) is 93.5 Å². The van der Waals surface area contributed by atoms with Gasteiger partial charge < -0.3 is 9.64 Å². The summed E-state index contributed by atoms with van der Waals surface area (Å²) >= 11 is 2.59. The van der Waals surface area contributed by atoms with Crippen molar-refractivity contribution in [2.75, 3.05) is 11.9 Å². The van der Waals surface area contributed by atoms with Crippen molar-refractivity contribution in [3.05, 3.63) is 6.20 Å². The smallest absolute Gasteiger partial charge is 0.324 e. The molecule has 0 spiro atoms. The highest BCUT2D eigenvalue weighted by molar-refractivity contribution is 7.99. The zero-order chi connectivity index (χ0) is 19.1. The van der Waals surface area contributed by atoms with E-state index in [1.54, 1.807) is 6.20 Å². The van der Waals surface area contributed by atoms with Gasteiger partial charge in [0.2, 0.25) is 0 Å². The molecule has 0 atom stereocenters. The van der Waals surface area contributed by atoms with Gasteiger partial charge in [-0.2, -0.15) is 0 Å². The number of carbonyl (C=O) groups excluding carboxylic acids is 1. The maximum atomic E-state index is 13.2. The molecule has 0 unspecified atom stereocenters. The molecule has 2 amide bonds. The Labute approximate surface area is 170 Å². The van der Waals surface area contributed by atoms with Crippen molar-refractivity contribution in [3.8, 4) is 0 Å². The average molecular weight is 413 g/mol. The van der Waals surface area contributed by atoms with Gasteiger partial charge in [0, 0.05) is 18.7 Å². The van der Waals surface area contributed by atoms with Gasteiger partial charge in [0.25, 0.3) is 0 Å². The topological polar surface area (TPSA) is 80.5 Å². The molecule has 2 aliphatic rings. The van der Waals surface area contributed by atoms with E-state index >= 15 is 0 Å². The third kappa shape index (κ3) is 5.82. The number of urea groups is 1. The minimum Gasteiger partial charge on any atom is -0.378 e. The summed E-state index contributed by atoms with van der Waals surface area (Å²) in [6.45, 7) is 2.99. The molecular weight excluding hydrogens is 380 g/mol. The molecule has 1 aromatic rings. The molecule has 1 heterocycles. The maximum absolute atomic E-state index is 13.2. The molecule has 0 aromatic carbocycles. The van der Waals surface area contributed by atoms with Crippen LogP contribution >= 0.6 is 23.3 Å². The summed E-state index contributed by atoms with van der Waals surface area (Å²) in [6, 6.07) is 0.654. The number of nitrogens with one attached hydrogen (secondary N) is 1. The molecule has 27 heavy (non-hydrogen) atoms. The van der Waals surface area contributed by atoms with E-state index in [0.29, 0.717) is 23.3 Å². The highest BCUT2D eigenvalue weighted by Crippen LogP contribution is 2.32. The van der Waals surface area contributed by atoms with Crippen LogP contribution in [-0.4, -0.2) is 40.7 Å². The monoisotopic (exact) mass is 412 g/mol. The van der Waals surface area contributed by atoms with Crippen molar-refractivity contribution in [2.24, 2.45) is 5.14 Å². The Balaban J connectivity index is 1.64. The standard InChI is InChI=1S/C19H32N4O2S2/c1-2-12-25-16-10-8-15(9-11-16)23(14-6-4-3-5-7-14)19(24)22-18-21-13-17(26-18)27-20/h13-16H,2-12,20H2,1H3,(H,21,22,24). The van der Waals surface area contributed by atoms with Crippen LogP contribution in [0.1, 0.15) is 71.1 Å². The Hall–Kier alpha value is -0.830. The third-order valence-corrected chi connectivity index (χ3v) is 7.20. The number of nitrogens with zero attached hydrogens (tertiary/aromatic N) is 2. The second-order valence-corrected chi connectivity index (χ2v) is 9.50. The molecule has 1 aromatic heterocycles. The summed E-state index contributed by atoms with van der Waals surface area (Å²) in [4.78, 5) is 19.6. The zero-order valence-corrected chi connectivity index (χ0v) is 17.8. The van der Waals surface area contributed by atoms with Crippen molar-refractivity contribution < 1.29 is 9.53 Å². The minimum absolute atomic E-state index is 0.00254. The van der Waals surface area contributed by atoms with Crippen LogP contribution in [0.3, 0.4) is 0 Å². The number of anilines is 1. The number of nitrogens with two attached hydrogens (primary N) is 1. The van der Waals surface area contributed by atoms with Crippen LogP contribution in [0.4, 0.5) is 9.93 Å². The van der Waals surface area contributed by atoms with Gasteiger partial charge in [0.15, 0.2) is 5.13 Å². The Kier molecular flexibility index (Phi) is 8.24. The molecule has 0 aliphatic heterocycles. The number of ether oxygens (including phenoxy) is 1. The fourth-order valence-corrected chi connectivity index (χ4v) is 5.37. The Morgan fingerprint density at radius 1 is 1.26 bits per heavy atom. The zero-order valence-electron chi connectivity index (χ0n) is 16.2. The minimum atomic E-state index is 0.00254. The molecule has 0 radical (unpaired) electrons. The van der Waals surface area contributed by atoms with Crippen LogP contribution in [0.2, 0.25) is 0 Å². The van der Waals surface area contributed by atoms with Gasteiger partial charge in [0.05, 0.1) is 16.5 Å². The lowest BCUT2D eigenvalue weighted by Crippen LogP contribution is -2.51. The number of hydrogen-bond acceptors (Lipinski definition) is 6. The predicted octanol–water partition coefficient (Wildman–Crippen LogP) is 5.01. The van der Waals surface area contributed by atoms with Gasteiger partial charge in [-0.25, -0.2) is 9.78 Å². The van der Waals surface area contributed by atoms with E-state index in [1.807, 2.05) is 0 Å². The van der Waals surface area contributed by atoms with Gasteiger partial charge in [0.1, 0.15) is 0 Å². The highest BCUT2D eigenvalue weighted by Gasteiger charge is 2.34. The van der Waals surface area contributed by atoms with Crippen LogP contribution in [0.15, 0.2) is 10.4 Å². The lowest BCUT2D eigenvalue weighted by atomic mass is 9.88. The molecule has 2 saturated carbocycles. The fraction of sp³-hybridized carbons (Fsp3) is 0.789. The quantitative estimate of drug-likeness (QED) is 0.615. The summed E-state index contributed by atoms with van der Waals surface area (Å²) < 4.78 is 6.84. The number of carbonyl (C=O) groups is 1. The first kappa shape index (κ1) is 20.9. The molecule has 3 N–H and O–H groups in total. The molecule has 2 fully saturated rings. The second-order valence-electron chi connectivity index (χ2n) is 7.53. The number of rotatable bonds is 7. The Bertz CT molecular complexity index is 584. The van der Waals surface area contributed by atoms with Gasteiger partial charge in [-0.1, -0.05) is 37.5 Å². The van der Waals surface area contributed by atoms with E-state index in [4.69, 9.17) is 9.88 Å². The van der Waals surface area contributed by atoms with E-state index in [9.17, 15) is 4.79 Å². The molecule has 8 heteroatoms. The number of amides is 2. The summed E-state index contributed by atoms with van der Waals surface area (Å²) in [5, 5.41) is 9.25. The molecule has 2 aliphatic carbocycles. The lowest BCUT2D eigenvalue weighted by molar-refractivity contribution is 0.00648. The van der Waals surface area contributed by atoms with E-state index in [-0.39, 0.29) is 6.03 Å². The van der Waals surface area contributed by atoms with Crippen LogP contribution in [0.5, 0.6) is 0 Å². The first-order valence-corrected chi connectivity index (χ1v) is 11.9. The largest absolute Gasteiger partial charge is 0.378 e. The van der Waals surface area contributed by atoms with Crippen LogP contribution in [-0.2, 0) is 4.74 Å². The second kappa shape index (κ2) is 10.6. The van der Waals surface area contributed by atoms with Crippen molar-refractivity contribution in [1.82, 2.24) is 9.88 Å². The normalized spacial score (nSPS) is 23.9. The first-order valence-electron chi connectivity index (χ1n) is 10.2. The van der Waals surface area contributed by atoms with Crippen LogP contribution in [0.25, 0.3) is 0 Å². The van der Waals surface area contributed by atoms with Crippen molar-refractivity contribution in [1.29, 1.82) is 0 Å². The van der Waals surface area contributed by atoms with E-state index in [2.05, 4.69) is 22.1 Å². The van der Waals surface area contributed by atoms with Crippen LogP contribution < -0.4 is 10.5 Å². The van der Waals surface area contributed by atoms with Gasteiger partial charge in [-0.3, -0.25) is 10.5 Å². The molecule has 3 rings (SSSR count). The van der Waals surface area contributed by atoms with E-state index < -0.39 is 0 Å². The van der Waals surface area contributed by atoms with Gasteiger partial charge in [-0.05, 0) is 56.9 Å². The molecule has 0 saturated heterocycles. The van der Waals surface area contributed by atoms with E-state index in [1.165, 1.54) is 42.5 Å². The predicted molar refractivity (Wildman–Crippen MR) is 112 cm³/mol. The third-order valence-electron chi connectivity index (χ3n) is 5.61. The molecular formula is C19H32N4O2S2. The van der Waals surface area contributed by atoms with Crippen molar-refractivity contribution in [3.63, 3.8) is 0 Å². The van der Waals surface area contributed by atoms with Gasteiger partial charge >= 0.3 is 6.03 Å². The molecule has 152 valence electrons. The Morgan fingerprint density at radius 2 is 1.96 bits per heavy atom. The van der Waals surface area contributed by atoms with E-state index in [0.717, 1.165) is 55.8 Å². The lowest BCUT2D eigenvalue weighted by Gasteiger charge is -2.42.